The third-order valence-electron chi connectivity index (χ3n) is 2.53. The van der Waals surface area contributed by atoms with Crippen LogP contribution in [0.15, 0.2) is 12.3 Å². The second kappa shape index (κ2) is 5.33. The van der Waals surface area contributed by atoms with Gasteiger partial charge in [0, 0.05) is 19.0 Å². The summed E-state index contributed by atoms with van der Waals surface area (Å²) in [6.07, 6.45) is 2.88. The van der Waals surface area contributed by atoms with E-state index >= 15 is 0 Å². The van der Waals surface area contributed by atoms with Gasteiger partial charge in [0.25, 0.3) is 0 Å². The predicted octanol–water partition coefficient (Wildman–Crippen LogP) is 1.99. The Bertz CT molecular complexity index is 418. The number of aromatic carboxylic acids is 1. The molecule has 0 saturated carbocycles. The first-order valence-corrected chi connectivity index (χ1v) is 5.68. The number of hydrogen-bond donors (Lipinski definition) is 1. The molecule has 1 aromatic rings. The highest BCUT2D eigenvalue weighted by molar-refractivity contribution is 6.34. The monoisotopic (exact) mass is 257 g/mol. The zero-order valence-electron chi connectivity index (χ0n) is 9.06. The van der Waals surface area contributed by atoms with Gasteiger partial charge in [-0.25, -0.2) is 9.78 Å². The highest BCUT2D eigenvalue weighted by Crippen LogP contribution is 2.27. The molecule has 17 heavy (non-hydrogen) atoms. The van der Waals surface area contributed by atoms with Gasteiger partial charge in [-0.15, -0.1) is 0 Å². The minimum atomic E-state index is -1.09. The number of carboxylic acid groups (broad SMARTS) is 1. The SMILES string of the molecule is O=C(O)c1ccnc(OC2CCOCC2)c1Cl. The average molecular weight is 258 g/mol. The second-order valence-corrected chi connectivity index (χ2v) is 4.09. The van der Waals surface area contributed by atoms with Crippen molar-refractivity contribution >= 4 is 17.6 Å². The molecular formula is C11H12ClNO4. The molecule has 0 unspecified atom stereocenters. The van der Waals surface area contributed by atoms with Crippen LogP contribution in [-0.4, -0.2) is 35.4 Å². The number of halogens is 1. The largest absolute Gasteiger partial charge is 0.478 e. The zero-order valence-corrected chi connectivity index (χ0v) is 9.81. The number of rotatable bonds is 3. The molecule has 0 amide bonds. The number of carboxylic acids is 1. The molecule has 1 N–H and O–H groups in total. The molecule has 6 heteroatoms. The van der Waals surface area contributed by atoms with Gasteiger partial charge in [-0.2, -0.15) is 0 Å². The Morgan fingerprint density at radius 1 is 1.53 bits per heavy atom. The summed E-state index contributed by atoms with van der Waals surface area (Å²) in [7, 11) is 0. The van der Waals surface area contributed by atoms with Crippen molar-refractivity contribution in [2.45, 2.75) is 18.9 Å². The maximum absolute atomic E-state index is 10.9. The van der Waals surface area contributed by atoms with Gasteiger partial charge in [0.15, 0.2) is 0 Å². The molecule has 1 aliphatic rings. The third-order valence-corrected chi connectivity index (χ3v) is 2.90. The quantitative estimate of drug-likeness (QED) is 0.897. The van der Waals surface area contributed by atoms with E-state index in [9.17, 15) is 4.79 Å². The van der Waals surface area contributed by atoms with Crippen molar-refractivity contribution in [3.8, 4) is 5.88 Å². The highest BCUT2D eigenvalue weighted by Gasteiger charge is 2.20. The molecule has 0 aromatic carbocycles. The van der Waals surface area contributed by atoms with Crippen molar-refractivity contribution in [1.29, 1.82) is 0 Å². The van der Waals surface area contributed by atoms with E-state index in [0.717, 1.165) is 12.8 Å². The summed E-state index contributed by atoms with van der Waals surface area (Å²) in [5.41, 5.74) is 0.00345. The van der Waals surface area contributed by atoms with Crippen LogP contribution in [0.1, 0.15) is 23.2 Å². The van der Waals surface area contributed by atoms with Crippen LogP contribution < -0.4 is 4.74 Å². The highest BCUT2D eigenvalue weighted by atomic mass is 35.5. The van der Waals surface area contributed by atoms with Gasteiger partial charge in [-0.1, -0.05) is 11.6 Å². The molecule has 1 saturated heterocycles. The fraction of sp³-hybridized carbons (Fsp3) is 0.455. The van der Waals surface area contributed by atoms with Gasteiger partial charge in [0.1, 0.15) is 11.1 Å². The molecule has 1 fully saturated rings. The number of nitrogens with zero attached hydrogens (tertiary/aromatic N) is 1. The van der Waals surface area contributed by atoms with E-state index in [0.29, 0.717) is 13.2 Å². The van der Waals surface area contributed by atoms with Gasteiger partial charge in [0.05, 0.1) is 18.8 Å². The van der Waals surface area contributed by atoms with Crippen LogP contribution in [-0.2, 0) is 4.74 Å². The molecule has 0 bridgehead atoms. The lowest BCUT2D eigenvalue weighted by Crippen LogP contribution is -2.26. The fourth-order valence-corrected chi connectivity index (χ4v) is 1.86. The summed E-state index contributed by atoms with van der Waals surface area (Å²) in [5.74, 6) is -0.910. The van der Waals surface area contributed by atoms with Gasteiger partial charge in [-0.3, -0.25) is 0 Å². The first-order valence-electron chi connectivity index (χ1n) is 5.30. The molecular weight excluding hydrogens is 246 g/mol. The van der Waals surface area contributed by atoms with E-state index in [1.165, 1.54) is 12.3 Å². The predicted molar refractivity (Wildman–Crippen MR) is 60.7 cm³/mol. The Kier molecular flexibility index (Phi) is 3.81. The zero-order chi connectivity index (χ0) is 12.3. The van der Waals surface area contributed by atoms with Crippen LogP contribution in [0.25, 0.3) is 0 Å². The maximum atomic E-state index is 10.9. The van der Waals surface area contributed by atoms with Crippen LogP contribution in [0.2, 0.25) is 5.02 Å². The molecule has 92 valence electrons. The number of carbonyl (C=O) groups is 1. The van der Waals surface area contributed by atoms with Crippen molar-refractivity contribution in [2.75, 3.05) is 13.2 Å². The molecule has 2 heterocycles. The summed E-state index contributed by atoms with van der Waals surface area (Å²) in [6.45, 7) is 1.28. The molecule has 1 aromatic heterocycles. The Morgan fingerprint density at radius 2 is 2.24 bits per heavy atom. The third kappa shape index (κ3) is 2.87. The van der Waals surface area contributed by atoms with Crippen LogP contribution in [0.4, 0.5) is 0 Å². The van der Waals surface area contributed by atoms with Crippen LogP contribution >= 0.6 is 11.6 Å². The molecule has 0 aliphatic carbocycles. The lowest BCUT2D eigenvalue weighted by molar-refractivity contribution is 0.0236. The Labute approximate surface area is 103 Å². The summed E-state index contributed by atoms with van der Waals surface area (Å²) in [6, 6.07) is 1.35. The van der Waals surface area contributed by atoms with Crippen molar-refractivity contribution in [1.82, 2.24) is 4.98 Å². The first kappa shape index (κ1) is 12.1. The van der Waals surface area contributed by atoms with Gasteiger partial charge in [0.2, 0.25) is 5.88 Å². The van der Waals surface area contributed by atoms with Gasteiger partial charge in [-0.05, 0) is 6.07 Å². The van der Waals surface area contributed by atoms with Gasteiger partial charge < -0.3 is 14.6 Å². The van der Waals surface area contributed by atoms with E-state index in [-0.39, 0.29) is 22.6 Å². The molecule has 5 nitrogen and oxygen atoms in total. The van der Waals surface area contributed by atoms with Crippen LogP contribution in [0.3, 0.4) is 0 Å². The van der Waals surface area contributed by atoms with E-state index < -0.39 is 5.97 Å². The Morgan fingerprint density at radius 3 is 2.88 bits per heavy atom. The molecule has 1 aliphatic heterocycles. The fourth-order valence-electron chi connectivity index (χ4n) is 1.62. The lowest BCUT2D eigenvalue weighted by atomic mass is 10.1. The van der Waals surface area contributed by atoms with Crippen LogP contribution in [0.5, 0.6) is 5.88 Å². The first-order chi connectivity index (χ1) is 8.18. The normalized spacial score (nSPS) is 16.8. The van der Waals surface area contributed by atoms with Crippen molar-refractivity contribution in [2.24, 2.45) is 0 Å². The van der Waals surface area contributed by atoms with E-state index in [1.807, 2.05) is 0 Å². The number of hydrogen-bond acceptors (Lipinski definition) is 4. The standard InChI is InChI=1S/C11H12ClNO4/c12-9-8(11(14)15)1-4-13-10(9)17-7-2-5-16-6-3-7/h1,4,7H,2-3,5-6H2,(H,14,15). The summed E-state index contributed by atoms with van der Waals surface area (Å²) in [4.78, 5) is 14.8. The lowest BCUT2D eigenvalue weighted by Gasteiger charge is -2.23. The topological polar surface area (TPSA) is 68.7 Å². The Balaban J connectivity index is 2.15. The van der Waals surface area contributed by atoms with Crippen LogP contribution in [0, 0.1) is 0 Å². The molecule has 0 spiro atoms. The average Bonchev–Trinajstić information content (AvgIpc) is 2.33. The van der Waals surface area contributed by atoms with Crippen molar-refractivity contribution in [3.05, 3.63) is 22.8 Å². The summed E-state index contributed by atoms with van der Waals surface area (Å²) >= 11 is 5.92. The summed E-state index contributed by atoms with van der Waals surface area (Å²) < 4.78 is 10.8. The second-order valence-electron chi connectivity index (χ2n) is 3.71. The van der Waals surface area contributed by atoms with E-state index in [1.54, 1.807) is 0 Å². The number of pyridine rings is 1. The minimum Gasteiger partial charge on any atom is -0.478 e. The molecule has 0 atom stereocenters. The smallest absolute Gasteiger partial charge is 0.337 e. The van der Waals surface area contributed by atoms with Gasteiger partial charge >= 0.3 is 5.97 Å². The van der Waals surface area contributed by atoms with Crippen molar-refractivity contribution < 1.29 is 19.4 Å². The summed E-state index contributed by atoms with van der Waals surface area (Å²) in [5, 5.41) is 8.96. The molecule has 2 rings (SSSR count). The minimum absolute atomic E-state index is 0.00345. The number of ether oxygens (including phenoxy) is 2. The maximum Gasteiger partial charge on any atom is 0.337 e. The van der Waals surface area contributed by atoms with Crippen molar-refractivity contribution in [3.63, 3.8) is 0 Å². The molecule has 0 radical (unpaired) electrons. The van der Waals surface area contributed by atoms with E-state index in [2.05, 4.69) is 4.98 Å². The Hall–Kier alpha value is -1.33. The van der Waals surface area contributed by atoms with E-state index in [4.69, 9.17) is 26.2 Å². The number of aromatic nitrogens is 1.